The van der Waals surface area contributed by atoms with Crippen molar-refractivity contribution in [2.24, 2.45) is 0 Å². The molecule has 0 aromatic heterocycles. The van der Waals surface area contributed by atoms with Crippen LogP contribution >= 0.6 is 11.8 Å². The van der Waals surface area contributed by atoms with Gasteiger partial charge in [0, 0.05) is 12.1 Å². The van der Waals surface area contributed by atoms with E-state index in [4.69, 9.17) is 4.74 Å². The lowest BCUT2D eigenvalue weighted by molar-refractivity contribution is -0.121. The summed E-state index contributed by atoms with van der Waals surface area (Å²) in [6, 6.07) is 20.4. The second kappa shape index (κ2) is 8.59. The van der Waals surface area contributed by atoms with Gasteiger partial charge < -0.3 is 10.1 Å². The van der Waals surface area contributed by atoms with E-state index in [1.54, 1.807) is 31.4 Å². The van der Waals surface area contributed by atoms with Crippen molar-refractivity contribution in [1.29, 1.82) is 0 Å². The fourth-order valence-electron chi connectivity index (χ4n) is 3.38. The van der Waals surface area contributed by atoms with Crippen LogP contribution in [0.2, 0.25) is 0 Å². The molecule has 1 unspecified atom stereocenters. The van der Waals surface area contributed by atoms with Crippen molar-refractivity contribution < 1.29 is 19.1 Å². The SMILES string of the molecule is COc1ccc(N2C(=O)CC(SCC(=O)Nc3ccc4ccccc4c3)C2=O)cc1. The third-order valence-electron chi connectivity index (χ3n) is 4.88. The first kappa shape index (κ1) is 20.0. The van der Waals surface area contributed by atoms with Gasteiger partial charge in [-0.05, 0) is 47.2 Å². The molecule has 1 N–H and O–H groups in total. The molecule has 6 nitrogen and oxygen atoms in total. The highest BCUT2D eigenvalue weighted by molar-refractivity contribution is 8.01. The van der Waals surface area contributed by atoms with Gasteiger partial charge in [0.05, 0.1) is 23.8 Å². The van der Waals surface area contributed by atoms with Crippen LogP contribution in [-0.2, 0) is 14.4 Å². The summed E-state index contributed by atoms with van der Waals surface area (Å²) in [5.74, 6) is -0.0358. The number of carbonyl (C=O) groups excluding carboxylic acids is 3. The number of amides is 3. The zero-order chi connectivity index (χ0) is 21.1. The Kier molecular flexibility index (Phi) is 5.72. The maximum atomic E-state index is 12.7. The molecule has 1 fully saturated rings. The van der Waals surface area contributed by atoms with Gasteiger partial charge in [-0.25, -0.2) is 4.90 Å². The smallest absolute Gasteiger partial charge is 0.247 e. The number of hydrogen-bond donors (Lipinski definition) is 1. The third-order valence-corrected chi connectivity index (χ3v) is 6.08. The molecule has 1 saturated heterocycles. The van der Waals surface area contributed by atoms with E-state index in [0.29, 0.717) is 17.1 Å². The molecule has 3 aromatic carbocycles. The molecule has 1 atom stereocenters. The topological polar surface area (TPSA) is 75.7 Å². The lowest BCUT2D eigenvalue weighted by Crippen LogP contribution is -2.31. The molecule has 0 spiro atoms. The molecule has 4 rings (SSSR count). The summed E-state index contributed by atoms with van der Waals surface area (Å²) in [4.78, 5) is 38.6. The number of fused-ring (bicyclic) bond motifs is 1. The van der Waals surface area contributed by atoms with Gasteiger partial charge in [-0.3, -0.25) is 14.4 Å². The van der Waals surface area contributed by atoms with Gasteiger partial charge in [0.2, 0.25) is 17.7 Å². The number of hydrogen-bond acceptors (Lipinski definition) is 5. The Hall–Kier alpha value is -3.32. The van der Waals surface area contributed by atoms with Crippen molar-refractivity contribution in [1.82, 2.24) is 0 Å². The van der Waals surface area contributed by atoms with Crippen molar-refractivity contribution in [3.8, 4) is 5.75 Å². The number of rotatable bonds is 6. The van der Waals surface area contributed by atoms with Crippen LogP contribution in [0.15, 0.2) is 66.7 Å². The zero-order valence-corrected chi connectivity index (χ0v) is 17.1. The maximum absolute atomic E-state index is 12.7. The van der Waals surface area contributed by atoms with E-state index in [2.05, 4.69) is 5.32 Å². The van der Waals surface area contributed by atoms with Crippen molar-refractivity contribution in [3.05, 3.63) is 66.7 Å². The van der Waals surface area contributed by atoms with Crippen LogP contribution in [0.1, 0.15) is 6.42 Å². The monoisotopic (exact) mass is 420 g/mol. The van der Waals surface area contributed by atoms with E-state index in [1.807, 2.05) is 42.5 Å². The number of nitrogens with one attached hydrogen (secondary N) is 1. The number of ether oxygens (including phenoxy) is 1. The Morgan fingerprint density at radius 3 is 2.53 bits per heavy atom. The Balaban J connectivity index is 1.36. The van der Waals surface area contributed by atoms with Crippen molar-refractivity contribution in [2.45, 2.75) is 11.7 Å². The Bertz CT molecular complexity index is 1110. The molecular weight excluding hydrogens is 400 g/mol. The highest BCUT2D eigenvalue weighted by Crippen LogP contribution is 2.30. The van der Waals surface area contributed by atoms with Crippen molar-refractivity contribution in [3.63, 3.8) is 0 Å². The molecule has 0 saturated carbocycles. The van der Waals surface area contributed by atoms with Gasteiger partial charge >= 0.3 is 0 Å². The molecule has 3 amide bonds. The summed E-state index contributed by atoms with van der Waals surface area (Å²) in [5.41, 5.74) is 1.21. The fourth-order valence-corrected chi connectivity index (χ4v) is 4.31. The van der Waals surface area contributed by atoms with Crippen LogP contribution < -0.4 is 15.0 Å². The lowest BCUT2D eigenvalue weighted by atomic mass is 10.1. The Labute approximate surface area is 178 Å². The summed E-state index contributed by atoms with van der Waals surface area (Å²) in [7, 11) is 1.55. The van der Waals surface area contributed by atoms with Crippen molar-refractivity contribution in [2.75, 3.05) is 23.1 Å². The predicted octanol–water partition coefficient (Wildman–Crippen LogP) is 3.85. The normalized spacial score (nSPS) is 16.2. The van der Waals surface area contributed by atoms with Gasteiger partial charge in [-0.15, -0.1) is 11.8 Å². The molecule has 3 aromatic rings. The third kappa shape index (κ3) is 4.16. The fraction of sp³-hybridized carbons (Fsp3) is 0.174. The number of nitrogens with zero attached hydrogens (tertiary/aromatic N) is 1. The van der Waals surface area contributed by atoms with Gasteiger partial charge in [0.25, 0.3) is 0 Å². The molecule has 1 aliphatic heterocycles. The minimum atomic E-state index is -0.568. The van der Waals surface area contributed by atoms with Crippen LogP contribution in [0.4, 0.5) is 11.4 Å². The number of imide groups is 1. The first-order chi connectivity index (χ1) is 14.5. The highest BCUT2D eigenvalue weighted by Gasteiger charge is 2.40. The molecule has 0 aliphatic carbocycles. The summed E-state index contributed by atoms with van der Waals surface area (Å²) in [5, 5.41) is 4.42. The summed E-state index contributed by atoms with van der Waals surface area (Å²) < 4.78 is 5.11. The lowest BCUT2D eigenvalue weighted by Gasteiger charge is -2.15. The Morgan fingerprint density at radius 1 is 1.07 bits per heavy atom. The summed E-state index contributed by atoms with van der Waals surface area (Å²) in [6.45, 7) is 0. The van der Waals surface area contributed by atoms with Gasteiger partial charge in [0.1, 0.15) is 5.75 Å². The molecule has 30 heavy (non-hydrogen) atoms. The summed E-state index contributed by atoms with van der Waals surface area (Å²) in [6.07, 6.45) is 0.0821. The van der Waals surface area contributed by atoms with Crippen LogP contribution in [0, 0.1) is 0 Å². The van der Waals surface area contributed by atoms with Crippen LogP contribution in [-0.4, -0.2) is 35.8 Å². The number of methoxy groups -OCH3 is 1. The maximum Gasteiger partial charge on any atom is 0.247 e. The molecule has 1 aliphatic rings. The van der Waals surface area contributed by atoms with E-state index in [-0.39, 0.29) is 29.9 Å². The second-order valence-electron chi connectivity index (χ2n) is 6.88. The zero-order valence-electron chi connectivity index (χ0n) is 16.3. The van der Waals surface area contributed by atoms with E-state index < -0.39 is 5.25 Å². The molecule has 152 valence electrons. The second-order valence-corrected chi connectivity index (χ2v) is 8.07. The predicted molar refractivity (Wildman–Crippen MR) is 119 cm³/mol. The van der Waals surface area contributed by atoms with Crippen LogP contribution in [0.25, 0.3) is 10.8 Å². The van der Waals surface area contributed by atoms with E-state index in [9.17, 15) is 14.4 Å². The highest BCUT2D eigenvalue weighted by atomic mass is 32.2. The quantitative estimate of drug-likeness (QED) is 0.613. The molecule has 0 bridgehead atoms. The minimum absolute atomic E-state index is 0.0821. The molecule has 1 heterocycles. The van der Waals surface area contributed by atoms with Crippen molar-refractivity contribution >= 4 is 51.6 Å². The Morgan fingerprint density at radius 2 is 1.80 bits per heavy atom. The van der Waals surface area contributed by atoms with Gasteiger partial charge in [-0.1, -0.05) is 30.3 Å². The molecular formula is C23H20N2O4S. The average Bonchev–Trinajstić information content (AvgIpc) is 3.05. The number of anilines is 2. The van der Waals surface area contributed by atoms with Gasteiger partial charge in [-0.2, -0.15) is 0 Å². The summed E-state index contributed by atoms with van der Waals surface area (Å²) >= 11 is 1.18. The minimum Gasteiger partial charge on any atom is -0.497 e. The average molecular weight is 420 g/mol. The van der Waals surface area contributed by atoms with E-state index >= 15 is 0 Å². The largest absolute Gasteiger partial charge is 0.497 e. The van der Waals surface area contributed by atoms with Gasteiger partial charge in [0.15, 0.2) is 0 Å². The number of carbonyl (C=O) groups is 3. The number of benzene rings is 3. The van der Waals surface area contributed by atoms with E-state index in [0.717, 1.165) is 10.8 Å². The first-order valence-corrected chi connectivity index (χ1v) is 10.5. The standard InChI is InChI=1S/C23H20N2O4S/c1-29-19-10-8-18(9-11-19)25-22(27)13-20(23(25)28)30-14-21(26)24-17-7-6-15-4-2-3-5-16(15)12-17/h2-12,20H,13-14H2,1H3,(H,24,26). The first-order valence-electron chi connectivity index (χ1n) is 9.46. The van der Waals surface area contributed by atoms with Crippen LogP contribution in [0.3, 0.4) is 0 Å². The van der Waals surface area contributed by atoms with E-state index in [1.165, 1.54) is 16.7 Å². The molecule has 0 radical (unpaired) electrons. The number of thioether (sulfide) groups is 1. The van der Waals surface area contributed by atoms with Crippen LogP contribution in [0.5, 0.6) is 5.75 Å². The molecule has 7 heteroatoms.